The third-order valence-electron chi connectivity index (χ3n) is 5.69. The summed E-state index contributed by atoms with van der Waals surface area (Å²) >= 11 is 0. The van der Waals surface area contributed by atoms with Gasteiger partial charge in [-0.3, -0.25) is 9.59 Å². The SMILES string of the molecule is O=C1C[C@@H](C(=O)N2CCCc3ccccc32)CN1c1ccc2c(c1)OCCO2. The highest BCUT2D eigenvalue weighted by molar-refractivity contribution is 6.05. The minimum Gasteiger partial charge on any atom is -0.486 e. The van der Waals surface area contributed by atoms with Crippen molar-refractivity contribution in [2.75, 3.05) is 36.1 Å². The van der Waals surface area contributed by atoms with Crippen LogP contribution in [0.1, 0.15) is 18.4 Å². The molecule has 0 unspecified atom stereocenters. The van der Waals surface area contributed by atoms with E-state index in [1.54, 1.807) is 4.90 Å². The van der Waals surface area contributed by atoms with Crippen LogP contribution in [-0.2, 0) is 16.0 Å². The number of hydrogen-bond donors (Lipinski definition) is 0. The van der Waals surface area contributed by atoms with E-state index in [2.05, 4.69) is 6.07 Å². The van der Waals surface area contributed by atoms with E-state index in [4.69, 9.17) is 9.47 Å². The molecule has 2 aromatic rings. The number of nitrogens with zero attached hydrogens (tertiary/aromatic N) is 2. The Morgan fingerprint density at radius 3 is 2.75 bits per heavy atom. The number of aryl methyl sites for hydroxylation is 1. The molecule has 0 aromatic heterocycles. The molecule has 6 nitrogen and oxygen atoms in total. The van der Waals surface area contributed by atoms with E-state index in [0.717, 1.165) is 24.2 Å². The van der Waals surface area contributed by atoms with Gasteiger partial charge in [0, 0.05) is 37.0 Å². The fourth-order valence-corrected chi connectivity index (χ4v) is 4.31. The van der Waals surface area contributed by atoms with E-state index in [9.17, 15) is 9.59 Å². The van der Waals surface area contributed by atoms with E-state index < -0.39 is 0 Å². The molecule has 28 heavy (non-hydrogen) atoms. The number of carbonyl (C=O) groups excluding carboxylic acids is 2. The molecule has 6 heteroatoms. The normalized spacial score (nSPS) is 20.9. The van der Waals surface area contributed by atoms with Gasteiger partial charge in [-0.1, -0.05) is 18.2 Å². The summed E-state index contributed by atoms with van der Waals surface area (Å²) in [5.41, 5.74) is 2.95. The van der Waals surface area contributed by atoms with Crippen molar-refractivity contribution in [1.82, 2.24) is 0 Å². The molecule has 1 saturated heterocycles. The van der Waals surface area contributed by atoms with E-state index in [0.29, 0.717) is 37.8 Å². The fraction of sp³-hybridized carbons (Fsp3) is 0.364. The Bertz CT molecular complexity index is 942. The van der Waals surface area contributed by atoms with Crippen molar-refractivity contribution >= 4 is 23.2 Å². The lowest BCUT2D eigenvalue weighted by molar-refractivity contribution is -0.124. The van der Waals surface area contributed by atoms with Gasteiger partial charge in [0.25, 0.3) is 0 Å². The predicted molar refractivity (Wildman–Crippen MR) is 105 cm³/mol. The Hall–Kier alpha value is -3.02. The summed E-state index contributed by atoms with van der Waals surface area (Å²) < 4.78 is 11.2. The molecular formula is C22H22N2O4. The standard InChI is InChI=1S/C22H22N2O4/c25-21-12-16(22(26)23-9-3-5-15-4-1-2-6-18(15)23)14-24(21)17-7-8-19-20(13-17)28-11-10-27-19/h1-2,4,6-8,13,16H,3,5,9-12,14H2/t16-/m1/s1. The minimum atomic E-state index is -0.327. The minimum absolute atomic E-state index is 0.0275. The van der Waals surface area contributed by atoms with Crippen LogP contribution >= 0.6 is 0 Å². The van der Waals surface area contributed by atoms with E-state index in [-0.39, 0.29) is 24.2 Å². The molecule has 0 radical (unpaired) electrons. The molecule has 0 spiro atoms. The predicted octanol–water partition coefficient (Wildman–Crippen LogP) is 2.79. The molecule has 1 fully saturated rings. The van der Waals surface area contributed by atoms with Gasteiger partial charge >= 0.3 is 0 Å². The van der Waals surface area contributed by atoms with Crippen LogP contribution in [-0.4, -0.2) is 38.1 Å². The van der Waals surface area contributed by atoms with Crippen molar-refractivity contribution in [2.45, 2.75) is 19.3 Å². The molecule has 0 aliphatic carbocycles. The topological polar surface area (TPSA) is 59.1 Å². The van der Waals surface area contributed by atoms with E-state index in [1.807, 2.05) is 41.3 Å². The molecule has 1 atom stereocenters. The summed E-state index contributed by atoms with van der Waals surface area (Å²) in [6.07, 6.45) is 2.19. The first-order valence-electron chi connectivity index (χ1n) is 9.80. The van der Waals surface area contributed by atoms with Crippen LogP contribution in [0.25, 0.3) is 0 Å². The Labute approximate surface area is 163 Å². The summed E-state index contributed by atoms with van der Waals surface area (Å²) in [5, 5.41) is 0. The average Bonchev–Trinajstić information content (AvgIpc) is 3.14. The number of para-hydroxylation sites is 1. The maximum absolute atomic E-state index is 13.2. The van der Waals surface area contributed by atoms with Gasteiger partial charge in [0.1, 0.15) is 13.2 Å². The fourth-order valence-electron chi connectivity index (χ4n) is 4.31. The molecule has 0 bridgehead atoms. The highest BCUT2D eigenvalue weighted by Gasteiger charge is 2.38. The summed E-state index contributed by atoms with van der Waals surface area (Å²) in [5.74, 6) is 1.03. The zero-order valence-corrected chi connectivity index (χ0v) is 15.6. The van der Waals surface area contributed by atoms with Gasteiger partial charge in [-0.15, -0.1) is 0 Å². The van der Waals surface area contributed by atoms with Crippen LogP contribution in [0.5, 0.6) is 11.5 Å². The Morgan fingerprint density at radius 2 is 1.86 bits per heavy atom. The Kier molecular flexibility index (Phi) is 4.19. The lowest BCUT2D eigenvalue weighted by Gasteiger charge is -2.31. The first kappa shape index (κ1) is 17.1. The highest BCUT2D eigenvalue weighted by atomic mass is 16.6. The van der Waals surface area contributed by atoms with Crippen LogP contribution in [0, 0.1) is 5.92 Å². The second-order valence-corrected chi connectivity index (χ2v) is 7.46. The van der Waals surface area contributed by atoms with Gasteiger partial charge in [0.2, 0.25) is 11.8 Å². The second-order valence-electron chi connectivity index (χ2n) is 7.46. The number of fused-ring (bicyclic) bond motifs is 2. The average molecular weight is 378 g/mol. The van der Waals surface area contributed by atoms with Gasteiger partial charge in [0.05, 0.1) is 5.92 Å². The molecule has 0 N–H and O–H groups in total. The molecular weight excluding hydrogens is 356 g/mol. The van der Waals surface area contributed by atoms with E-state index >= 15 is 0 Å². The molecule has 5 rings (SSSR count). The van der Waals surface area contributed by atoms with Crippen molar-refractivity contribution in [3.05, 3.63) is 48.0 Å². The smallest absolute Gasteiger partial charge is 0.232 e. The number of anilines is 2. The van der Waals surface area contributed by atoms with E-state index in [1.165, 1.54) is 5.56 Å². The van der Waals surface area contributed by atoms with Gasteiger partial charge in [-0.05, 0) is 36.6 Å². The maximum Gasteiger partial charge on any atom is 0.232 e. The number of ether oxygens (including phenoxy) is 2. The van der Waals surface area contributed by atoms with Crippen LogP contribution < -0.4 is 19.3 Å². The second kappa shape index (κ2) is 6.86. The molecule has 144 valence electrons. The quantitative estimate of drug-likeness (QED) is 0.806. The number of hydrogen-bond acceptors (Lipinski definition) is 4. The molecule has 2 aromatic carbocycles. The first-order chi connectivity index (χ1) is 13.7. The van der Waals surface area contributed by atoms with Gasteiger partial charge in [0.15, 0.2) is 11.5 Å². The first-order valence-corrected chi connectivity index (χ1v) is 9.80. The van der Waals surface area contributed by atoms with Gasteiger partial charge < -0.3 is 19.3 Å². The summed E-state index contributed by atoms with van der Waals surface area (Å²) in [6, 6.07) is 13.6. The summed E-state index contributed by atoms with van der Waals surface area (Å²) in [7, 11) is 0. The van der Waals surface area contributed by atoms with Gasteiger partial charge in [-0.2, -0.15) is 0 Å². The third kappa shape index (κ3) is 2.89. The zero-order valence-electron chi connectivity index (χ0n) is 15.6. The van der Waals surface area contributed by atoms with Crippen molar-refractivity contribution in [3.63, 3.8) is 0 Å². The van der Waals surface area contributed by atoms with Crippen molar-refractivity contribution in [1.29, 1.82) is 0 Å². The van der Waals surface area contributed by atoms with Gasteiger partial charge in [-0.25, -0.2) is 0 Å². The molecule has 3 aliphatic heterocycles. The highest BCUT2D eigenvalue weighted by Crippen LogP contribution is 2.37. The number of rotatable bonds is 2. The Morgan fingerprint density at radius 1 is 1.04 bits per heavy atom. The van der Waals surface area contributed by atoms with Crippen LogP contribution in [0.4, 0.5) is 11.4 Å². The number of benzene rings is 2. The molecule has 3 aliphatic rings. The van der Waals surface area contributed by atoms with Crippen LogP contribution in [0.15, 0.2) is 42.5 Å². The summed E-state index contributed by atoms with van der Waals surface area (Å²) in [6.45, 7) is 2.14. The monoisotopic (exact) mass is 378 g/mol. The third-order valence-corrected chi connectivity index (χ3v) is 5.69. The van der Waals surface area contributed by atoms with Crippen molar-refractivity contribution in [3.8, 4) is 11.5 Å². The summed E-state index contributed by atoms with van der Waals surface area (Å²) in [4.78, 5) is 29.4. The van der Waals surface area contributed by atoms with Crippen LogP contribution in [0.2, 0.25) is 0 Å². The number of amides is 2. The lowest BCUT2D eigenvalue weighted by Crippen LogP contribution is -2.40. The van der Waals surface area contributed by atoms with Crippen molar-refractivity contribution in [2.24, 2.45) is 5.92 Å². The van der Waals surface area contributed by atoms with Crippen molar-refractivity contribution < 1.29 is 19.1 Å². The maximum atomic E-state index is 13.2. The van der Waals surface area contributed by atoms with Crippen LogP contribution in [0.3, 0.4) is 0 Å². The largest absolute Gasteiger partial charge is 0.486 e. The number of carbonyl (C=O) groups is 2. The zero-order chi connectivity index (χ0) is 19.1. The molecule has 0 saturated carbocycles. The molecule has 2 amide bonds. The Balaban J connectivity index is 1.36. The molecule has 3 heterocycles. The lowest BCUT2D eigenvalue weighted by atomic mass is 9.99.